The molecule has 2 rings (SSSR count). The van der Waals surface area contributed by atoms with Gasteiger partial charge < -0.3 is 9.47 Å². The minimum atomic E-state index is 0.137. The summed E-state index contributed by atoms with van der Waals surface area (Å²) < 4.78 is 11.4. The molecule has 1 aliphatic heterocycles. The molecule has 1 saturated heterocycles. The van der Waals surface area contributed by atoms with Crippen molar-refractivity contribution in [3.63, 3.8) is 0 Å². The third-order valence-corrected chi connectivity index (χ3v) is 3.73. The number of hydrogen-bond donors (Lipinski definition) is 2. The number of rotatable bonds is 7. The summed E-state index contributed by atoms with van der Waals surface area (Å²) in [7, 11) is 0. The van der Waals surface area contributed by atoms with Crippen molar-refractivity contribution in [3.8, 4) is 5.75 Å². The van der Waals surface area contributed by atoms with Crippen LogP contribution < -0.4 is 16.0 Å². The molecule has 4 heteroatoms. The molecule has 1 fully saturated rings. The van der Waals surface area contributed by atoms with E-state index < -0.39 is 0 Å². The molecule has 0 saturated carbocycles. The van der Waals surface area contributed by atoms with E-state index in [1.54, 1.807) is 0 Å². The third-order valence-electron chi connectivity index (χ3n) is 3.73. The number of nitrogens with two attached hydrogens (primary N) is 1. The molecule has 1 aliphatic rings. The monoisotopic (exact) mass is 278 g/mol. The first-order valence-electron chi connectivity index (χ1n) is 7.64. The van der Waals surface area contributed by atoms with E-state index in [9.17, 15) is 0 Å². The van der Waals surface area contributed by atoms with Crippen molar-refractivity contribution in [3.05, 3.63) is 29.8 Å². The average Bonchev–Trinajstić information content (AvgIpc) is 2.52. The molecule has 2 atom stereocenters. The van der Waals surface area contributed by atoms with Gasteiger partial charge in [-0.25, -0.2) is 0 Å². The Morgan fingerprint density at radius 2 is 2.15 bits per heavy atom. The maximum Gasteiger partial charge on any atom is 0.119 e. The second kappa shape index (κ2) is 8.25. The number of nitrogens with one attached hydrogen (secondary N) is 1. The van der Waals surface area contributed by atoms with E-state index in [4.69, 9.17) is 15.3 Å². The second-order valence-electron chi connectivity index (χ2n) is 5.36. The number of hydrazine groups is 1. The maximum atomic E-state index is 5.79. The van der Waals surface area contributed by atoms with Crippen LogP contribution in [0.25, 0.3) is 0 Å². The van der Waals surface area contributed by atoms with Crippen molar-refractivity contribution in [2.45, 2.75) is 51.2 Å². The van der Waals surface area contributed by atoms with Gasteiger partial charge in [0.25, 0.3) is 0 Å². The van der Waals surface area contributed by atoms with Crippen molar-refractivity contribution < 1.29 is 9.47 Å². The molecule has 0 bridgehead atoms. The van der Waals surface area contributed by atoms with Gasteiger partial charge in [-0.3, -0.25) is 11.3 Å². The molecule has 0 spiro atoms. The fraction of sp³-hybridized carbons (Fsp3) is 0.625. The highest BCUT2D eigenvalue weighted by Crippen LogP contribution is 2.25. The Kier molecular flexibility index (Phi) is 6.30. The molecule has 20 heavy (non-hydrogen) atoms. The second-order valence-corrected chi connectivity index (χ2v) is 5.36. The summed E-state index contributed by atoms with van der Waals surface area (Å²) in [5, 5.41) is 0. The van der Waals surface area contributed by atoms with Gasteiger partial charge in [0.15, 0.2) is 0 Å². The van der Waals surface area contributed by atoms with E-state index in [1.165, 1.54) is 18.4 Å². The topological polar surface area (TPSA) is 56.5 Å². The normalized spacial score (nSPS) is 20.6. The summed E-state index contributed by atoms with van der Waals surface area (Å²) in [6.07, 6.45) is 5.84. The summed E-state index contributed by atoms with van der Waals surface area (Å²) in [6, 6.07) is 8.32. The molecular weight excluding hydrogens is 252 g/mol. The first-order valence-corrected chi connectivity index (χ1v) is 7.64. The average molecular weight is 278 g/mol. The summed E-state index contributed by atoms with van der Waals surface area (Å²) in [4.78, 5) is 0. The van der Waals surface area contributed by atoms with E-state index in [0.717, 1.165) is 38.2 Å². The van der Waals surface area contributed by atoms with Crippen LogP contribution in [0, 0.1) is 0 Å². The van der Waals surface area contributed by atoms with Crippen LogP contribution in [-0.2, 0) is 4.74 Å². The molecule has 1 aromatic rings. The maximum absolute atomic E-state index is 5.79. The quantitative estimate of drug-likeness (QED) is 0.595. The van der Waals surface area contributed by atoms with Crippen LogP contribution in [-0.4, -0.2) is 19.3 Å². The Hall–Kier alpha value is -1.10. The number of benzene rings is 1. The van der Waals surface area contributed by atoms with Crippen molar-refractivity contribution in [2.24, 2.45) is 5.84 Å². The summed E-state index contributed by atoms with van der Waals surface area (Å²) >= 11 is 0. The standard InChI is InChI=1S/C16H26N2O2/c1-2-10-19-14-8-6-13(7-9-14)16(18-17)12-15-5-3-4-11-20-15/h6-9,15-16,18H,2-5,10-12,17H2,1H3. The van der Waals surface area contributed by atoms with Crippen LogP contribution in [0.2, 0.25) is 0 Å². The zero-order chi connectivity index (χ0) is 14.2. The Balaban J connectivity index is 1.92. The van der Waals surface area contributed by atoms with E-state index in [2.05, 4.69) is 24.5 Å². The highest BCUT2D eigenvalue weighted by Gasteiger charge is 2.20. The van der Waals surface area contributed by atoms with Crippen LogP contribution in [0.15, 0.2) is 24.3 Å². The van der Waals surface area contributed by atoms with Gasteiger partial charge in [-0.15, -0.1) is 0 Å². The van der Waals surface area contributed by atoms with Crippen LogP contribution in [0.5, 0.6) is 5.75 Å². The summed E-state index contributed by atoms with van der Waals surface area (Å²) in [6.45, 7) is 3.74. The lowest BCUT2D eigenvalue weighted by atomic mass is 9.97. The molecule has 0 amide bonds. The summed E-state index contributed by atoms with van der Waals surface area (Å²) in [5.74, 6) is 6.62. The summed E-state index contributed by atoms with van der Waals surface area (Å²) in [5.41, 5.74) is 4.09. The Labute approximate surface area is 121 Å². The highest BCUT2D eigenvalue weighted by atomic mass is 16.5. The molecule has 1 aromatic carbocycles. The number of ether oxygens (including phenoxy) is 2. The van der Waals surface area contributed by atoms with Gasteiger partial charge in [0.05, 0.1) is 12.7 Å². The van der Waals surface area contributed by atoms with Gasteiger partial charge in [0, 0.05) is 12.6 Å². The molecule has 1 heterocycles. The minimum absolute atomic E-state index is 0.137. The van der Waals surface area contributed by atoms with Crippen molar-refractivity contribution in [2.75, 3.05) is 13.2 Å². The molecule has 0 aliphatic carbocycles. The van der Waals surface area contributed by atoms with E-state index in [0.29, 0.717) is 6.10 Å². The van der Waals surface area contributed by atoms with Gasteiger partial charge in [-0.05, 0) is 49.8 Å². The van der Waals surface area contributed by atoms with Gasteiger partial charge in [0.1, 0.15) is 5.75 Å². The zero-order valence-corrected chi connectivity index (χ0v) is 12.3. The highest BCUT2D eigenvalue weighted by molar-refractivity contribution is 5.29. The molecule has 0 aromatic heterocycles. The van der Waals surface area contributed by atoms with E-state index in [-0.39, 0.29) is 6.04 Å². The Morgan fingerprint density at radius 1 is 1.35 bits per heavy atom. The van der Waals surface area contributed by atoms with E-state index >= 15 is 0 Å². The smallest absolute Gasteiger partial charge is 0.119 e. The van der Waals surface area contributed by atoms with Crippen LogP contribution in [0.1, 0.15) is 50.6 Å². The Morgan fingerprint density at radius 3 is 2.75 bits per heavy atom. The fourth-order valence-electron chi connectivity index (χ4n) is 2.57. The van der Waals surface area contributed by atoms with Gasteiger partial charge in [-0.1, -0.05) is 19.1 Å². The van der Waals surface area contributed by atoms with Gasteiger partial charge in [-0.2, -0.15) is 0 Å². The molecule has 0 radical (unpaired) electrons. The van der Waals surface area contributed by atoms with Gasteiger partial charge in [0.2, 0.25) is 0 Å². The molecule has 4 nitrogen and oxygen atoms in total. The van der Waals surface area contributed by atoms with Crippen LogP contribution in [0.3, 0.4) is 0 Å². The van der Waals surface area contributed by atoms with Crippen molar-refractivity contribution in [1.82, 2.24) is 5.43 Å². The largest absolute Gasteiger partial charge is 0.494 e. The fourth-order valence-corrected chi connectivity index (χ4v) is 2.57. The molecule has 112 valence electrons. The lowest BCUT2D eigenvalue weighted by Crippen LogP contribution is -2.32. The first-order chi connectivity index (χ1) is 9.83. The minimum Gasteiger partial charge on any atom is -0.494 e. The zero-order valence-electron chi connectivity index (χ0n) is 12.3. The molecule has 2 unspecified atom stereocenters. The lowest BCUT2D eigenvalue weighted by Gasteiger charge is -2.27. The van der Waals surface area contributed by atoms with E-state index in [1.807, 2.05) is 12.1 Å². The molecular formula is C16H26N2O2. The predicted molar refractivity (Wildman–Crippen MR) is 80.5 cm³/mol. The van der Waals surface area contributed by atoms with Crippen molar-refractivity contribution in [1.29, 1.82) is 0 Å². The third kappa shape index (κ3) is 4.47. The predicted octanol–water partition coefficient (Wildman–Crippen LogP) is 2.94. The van der Waals surface area contributed by atoms with Gasteiger partial charge >= 0.3 is 0 Å². The van der Waals surface area contributed by atoms with Crippen LogP contribution >= 0.6 is 0 Å². The Bertz CT molecular complexity index is 375. The SMILES string of the molecule is CCCOc1ccc(C(CC2CCCCO2)NN)cc1. The molecule has 3 N–H and O–H groups in total. The number of hydrogen-bond acceptors (Lipinski definition) is 4. The van der Waals surface area contributed by atoms with Crippen LogP contribution in [0.4, 0.5) is 0 Å². The van der Waals surface area contributed by atoms with Crippen molar-refractivity contribution >= 4 is 0 Å². The first kappa shape index (κ1) is 15.3. The lowest BCUT2D eigenvalue weighted by molar-refractivity contribution is 0.00502.